The molecule has 0 bridgehead atoms. The van der Waals surface area contributed by atoms with Crippen LogP contribution in [0.1, 0.15) is 25.5 Å². The maximum absolute atomic E-state index is 5.92. The Morgan fingerprint density at radius 3 is 2.58 bits per heavy atom. The molecule has 0 spiro atoms. The molecule has 3 heteroatoms. The predicted molar refractivity (Wildman–Crippen MR) is 46.5 cm³/mol. The molecular formula is C9H13N3. The summed E-state index contributed by atoms with van der Waals surface area (Å²) in [5.41, 5.74) is 7.20. The Morgan fingerprint density at radius 1 is 1.50 bits per heavy atom. The van der Waals surface area contributed by atoms with Gasteiger partial charge in [-0.2, -0.15) is 0 Å². The molecule has 0 aliphatic heterocycles. The Balaban J connectivity index is 2.25. The first-order valence-electron chi connectivity index (χ1n) is 4.15. The van der Waals surface area contributed by atoms with E-state index in [-0.39, 0.29) is 11.5 Å². The predicted octanol–water partition coefficient (Wildman–Crippen LogP) is 0.927. The summed E-state index contributed by atoms with van der Waals surface area (Å²) < 4.78 is 0. The second-order valence-electron chi connectivity index (χ2n) is 3.96. The summed E-state index contributed by atoms with van der Waals surface area (Å²) >= 11 is 0. The smallest absolute Gasteiger partial charge is 0.115 e. The fourth-order valence-electron chi connectivity index (χ4n) is 1.73. The fraction of sp³-hybridized carbons (Fsp3) is 0.556. The zero-order valence-electron chi connectivity index (χ0n) is 7.36. The van der Waals surface area contributed by atoms with Gasteiger partial charge in [0.1, 0.15) is 6.33 Å². The zero-order chi connectivity index (χ0) is 8.77. The molecule has 1 fully saturated rings. The number of aromatic nitrogens is 2. The van der Waals surface area contributed by atoms with Crippen LogP contribution in [0, 0.1) is 5.41 Å². The average molecular weight is 163 g/mol. The van der Waals surface area contributed by atoms with E-state index in [9.17, 15) is 0 Å². The zero-order valence-corrected chi connectivity index (χ0v) is 7.36. The van der Waals surface area contributed by atoms with E-state index >= 15 is 0 Å². The molecule has 1 heterocycles. The molecule has 0 amide bonds. The monoisotopic (exact) mass is 163 g/mol. The maximum atomic E-state index is 5.92. The van der Waals surface area contributed by atoms with Crippen molar-refractivity contribution in [3.05, 3.63) is 24.3 Å². The van der Waals surface area contributed by atoms with Crippen LogP contribution < -0.4 is 5.73 Å². The Bertz CT molecular complexity index is 281. The van der Waals surface area contributed by atoms with E-state index in [4.69, 9.17) is 5.73 Å². The summed E-state index contributed by atoms with van der Waals surface area (Å²) in [5, 5.41) is 0. The summed E-state index contributed by atoms with van der Waals surface area (Å²) in [4.78, 5) is 8.07. The van der Waals surface area contributed by atoms with Crippen molar-refractivity contribution in [2.45, 2.75) is 25.8 Å². The summed E-state index contributed by atoms with van der Waals surface area (Å²) in [5.74, 6) is 0.417. The van der Waals surface area contributed by atoms with Crippen molar-refractivity contribution >= 4 is 0 Å². The number of rotatable bonds is 1. The van der Waals surface area contributed by atoms with E-state index in [1.54, 1.807) is 12.5 Å². The highest BCUT2D eigenvalue weighted by Gasteiger charge is 2.56. The highest BCUT2D eigenvalue weighted by molar-refractivity contribution is 5.27. The summed E-state index contributed by atoms with van der Waals surface area (Å²) in [7, 11) is 0. The van der Waals surface area contributed by atoms with E-state index in [1.165, 1.54) is 0 Å². The Labute approximate surface area is 72.0 Å². The molecule has 1 aromatic rings. The van der Waals surface area contributed by atoms with Gasteiger partial charge < -0.3 is 5.73 Å². The van der Waals surface area contributed by atoms with Gasteiger partial charge in [0.15, 0.2) is 0 Å². The lowest BCUT2D eigenvalue weighted by Crippen LogP contribution is -2.06. The summed E-state index contributed by atoms with van der Waals surface area (Å²) in [6, 6.07) is 2.20. The second-order valence-corrected chi connectivity index (χ2v) is 3.96. The Morgan fingerprint density at radius 2 is 2.17 bits per heavy atom. The highest BCUT2D eigenvalue weighted by Crippen LogP contribution is 2.56. The van der Waals surface area contributed by atoms with E-state index in [2.05, 4.69) is 23.8 Å². The van der Waals surface area contributed by atoms with Gasteiger partial charge in [0.2, 0.25) is 0 Å². The maximum Gasteiger partial charge on any atom is 0.115 e. The molecule has 2 atom stereocenters. The molecular weight excluding hydrogens is 150 g/mol. The first-order valence-corrected chi connectivity index (χ1v) is 4.15. The number of nitrogens with zero attached hydrogens (tertiary/aromatic N) is 2. The van der Waals surface area contributed by atoms with Gasteiger partial charge in [0.05, 0.1) is 0 Å². The third kappa shape index (κ3) is 0.932. The molecule has 3 nitrogen and oxygen atoms in total. The molecule has 1 aliphatic carbocycles. The van der Waals surface area contributed by atoms with Gasteiger partial charge in [0, 0.05) is 23.9 Å². The molecule has 1 aromatic heterocycles. The molecule has 1 saturated carbocycles. The van der Waals surface area contributed by atoms with Gasteiger partial charge in [0.25, 0.3) is 0 Å². The fourth-order valence-corrected chi connectivity index (χ4v) is 1.73. The summed E-state index contributed by atoms with van der Waals surface area (Å²) in [6.07, 6.45) is 3.35. The number of hydrogen-bond donors (Lipinski definition) is 1. The van der Waals surface area contributed by atoms with Crippen LogP contribution in [0.3, 0.4) is 0 Å². The van der Waals surface area contributed by atoms with Gasteiger partial charge in [-0.25, -0.2) is 9.97 Å². The SMILES string of the molecule is CC1(C)[C@@H](N)[C@@H]1c1ccncn1. The van der Waals surface area contributed by atoms with Crippen molar-refractivity contribution in [3.63, 3.8) is 0 Å². The summed E-state index contributed by atoms with van der Waals surface area (Å²) in [6.45, 7) is 4.34. The Hall–Kier alpha value is -0.960. The van der Waals surface area contributed by atoms with Crippen LogP contribution in [0.5, 0.6) is 0 Å². The second kappa shape index (κ2) is 2.26. The van der Waals surface area contributed by atoms with Crippen LogP contribution in [0.4, 0.5) is 0 Å². The van der Waals surface area contributed by atoms with Crippen LogP contribution in [0.25, 0.3) is 0 Å². The third-order valence-electron chi connectivity index (χ3n) is 2.83. The molecule has 0 saturated heterocycles. The largest absolute Gasteiger partial charge is 0.327 e. The molecule has 2 rings (SSSR count). The highest BCUT2D eigenvalue weighted by atomic mass is 14.9. The third-order valence-corrected chi connectivity index (χ3v) is 2.83. The van der Waals surface area contributed by atoms with Gasteiger partial charge >= 0.3 is 0 Å². The minimum atomic E-state index is 0.217. The van der Waals surface area contributed by atoms with E-state index in [1.807, 2.05) is 6.07 Å². The molecule has 64 valence electrons. The normalized spacial score (nSPS) is 31.6. The van der Waals surface area contributed by atoms with Gasteiger partial charge in [-0.1, -0.05) is 13.8 Å². The van der Waals surface area contributed by atoms with Crippen molar-refractivity contribution < 1.29 is 0 Å². The lowest BCUT2D eigenvalue weighted by molar-refractivity contribution is 0.595. The van der Waals surface area contributed by atoms with E-state index in [0.29, 0.717) is 5.92 Å². The lowest BCUT2D eigenvalue weighted by Gasteiger charge is -1.99. The molecule has 1 aliphatic rings. The number of hydrogen-bond acceptors (Lipinski definition) is 3. The topological polar surface area (TPSA) is 51.8 Å². The Kier molecular flexibility index (Phi) is 1.45. The van der Waals surface area contributed by atoms with Gasteiger partial charge in [-0.15, -0.1) is 0 Å². The van der Waals surface area contributed by atoms with Crippen LogP contribution in [-0.2, 0) is 0 Å². The average Bonchev–Trinajstić information content (AvgIpc) is 2.53. The molecule has 12 heavy (non-hydrogen) atoms. The van der Waals surface area contributed by atoms with Crippen molar-refractivity contribution in [2.75, 3.05) is 0 Å². The number of nitrogens with two attached hydrogens (primary N) is 1. The molecule has 2 N–H and O–H groups in total. The van der Waals surface area contributed by atoms with Gasteiger partial charge in [-0.3, -0.25) is 0 Å². The van der Waals surface area contributed by atoms with Crippen LogP contribution in [-0.4, -0.2) is 16.0 Å². The first-order chi connectivity index (χ1) is 5.64. The van der Waals surface area contributed by atoms with Crippen molar-refractivity contribution in [1.29, 1.82) is 0 Å². The quantitative estimate of drug-likeness (QED) is 0.670. The standard InChI is InChI=1S/C9H13N3/c1-9(2)7(8(9)10)6-3-4-11-5-12-6/h3-5,7-8H,10H2,1-2H3/t7-,8-/m0/s1. The molecule has 0 radical (unpaired) electrons. The van der Waals surface area contributed by atoms with Crippen molar-refractivity contribution in [3.8, 4) is 0 Å². The van der Waals surface area contributed by atoms with E-state index in [0.717, 1.165) is 5.69 Å². The minimum Gasteiger partial charge on any atom is -0.327 e. The van der Waals surface area contributed by atoms with Crippen molar-refractivity contribution in [2.24, 2.45) is 11.1 Å². The van der Waals surface area contributed by atoms with Crippen LogP contribution in [0.2, 0.25) is 0 Å². The molecule has 0 unspecified atom stereocenters. The first kappa shape index (κ1) is 7.68. The van der Waals surface area contributed by atoms with Gasteiger partial charge in [-0.05, 0) is 11.5 Å². The van der Waals surface area contributed by atoms with Crippen molar-refractivity contribution in [1.82, 2.24) is 9.97 Å². The van der Waals surface area contributed by atoms with E-state index < -0.39 is 0 Å². The minimum absolute atomic E-state index is 0.217. The molecule has 0 aromatic carbocycles. The van der Waals surface area contributed by atoms with Crippen LogP contribution in [0.15, 0.2) is 18.6 Å². The van der Waals surface area contributed by atoms with Crippen LogP contribution >= 0.6 is 0 Å². The lowest BCUT2D eigenvalue weighted by atomic mass is 10.1.